The number of hydrogen-bond donors (Lipinski definition) is 2. The highest BCUT2D eigenvalue weighted by molar-refractivity contribution is 5.76. The molecule has 0 heterocycles. The minimum absolute atomic E-state index is 0.0157. The third-order valence-corrected chi connectivity index (χ3v) is 2.79. The van der Waals surface area contributed by atoms with E-state index in [0.29, 0.717) is 19.4 Å². The van der Waals surface area contributed by atoms with Gasteiger partial charge >= 0.3 is 0 Å². The van der Waals surface area contributed by atoms with E-state index in [1.165, 1.54) is 0 Å². The summed E-state index contributed by atoms with van der Waals surface area (Å²) < 4.78 is 5.52. The fourth-order valence-corrected chi connectivity index (χ4v) is 1.78. The largest absolute Gasteiger partial charge is 0.493 e. The number of aliphatic hydroxyl groups is 1. The van der Waals surface area contributed by atoms with E-state index in [0.717, 1.165) is 17.7 Å². The van der Waals surface area contributed by atoms with Gasteiger partial charge in [0.05, 0.1) is 13.0 Å². The van der Waals surface area contributed by atoms with Gasteiger partial charge in [0.1, 0.15) is 5.75 Å². The first-order valence-electron chi connectivity index (χ1n) is 6.71. The van der Waals surface area contributed by atoms with Gasteiger partial charge in [-0.1, -0.05) is 12.1 Å². The topological polar surface area (TPSA) is 58.6 Å². The zero-order valence-electron chi connectivity index (χ0n) is 11.7. The van der Waals surface area contributed by atoms with Crippen LogP contribution in [0.5, 0.6) is 5.75 Å². The second kappa shape index (κ2) is 8.53. The summed E-state index contributed by atoms with van der Waals surface area (Å²) in [5, 5.41) is 11.6. The van der Waals surface area contributed by atoms with Crippen LogP contribution in [0.4, 0.5) is 0 Å². The molecule has 0 saturated carbocycles. The molecule has 0 spiro atoms. The number of amides is 1. The van der Waals surface area contributed by atoms with Crippen LogP contribution in [0.15, 0.2) is 24.3 Å². The van der Waals surface area contributed by atoms with Crippen molar-refractivity contribution in [3.8, 4) is 5.75 Å². The van der Waals surface area contributed by atoms with E-state index >= 15 is 0 Å². The average Bonchev–Trinajstić information content (AvgIpc) is 2.36. The Morgan fingerprint density at radius 2 is 2.26 bits per heavy atom. The predicted octanol–water partition coefficient (Wildman–Crippen LogP) is 2.04. The number of nitrogens with one attached hydrogen (secondary N) is 1. The van der Waals surface area contributed by atoms with Crippen LogP contribution in [0.1, 0.15) is 31.7 Å². The number of benzene rings is 1. The molecule has 1 atom stereocenters. The summed E-state index contributed by atoms with van der Waals surface area (Å²) >= 11 is 0. The summed E-state index contributed by atoms with van der Waals surface area (Å²) in [6.45, 7) is 4.48. The number of carbonyl (C=O) groups is 1. The lowest BCUT2D eigenvalue weighted by atomic mass is 10.2. The van der Waals surface area contributed by atoms with Crippen LogP contribution in [-0.4, -0.2) is 30.3 Å². The highest BCUT2D eigenvalue weighted by Crippen LogP contribution is 2.12. The van der Waals surface area contributed by atoms with E-state index in [4.69, 9.17) is 9.84 Å². The van der Waals surface area contributed by atoms with Crippen molar-refractivity contribution in [1.29, 1.82) is 0 Å². The van der Waals surface area contributed by atoms with Gasteiger partial charge in [0, 0.05) is 12.6 Å². The van der Waals surface area contributed by atoms with Crippen molar-refractivity contribution in [3.05, 3.63) is 29.8 Å². The van der Waals surface area contributed by atoms with Gasteiger partial charge in [-0.15, -0.1) is 0 Å². The van der Waals surface area contributed by atoms with E-state index in [1.807, 2.05) is 38.1 Å². The Bertz CT molecular complexity index is 393. The molecule has 0 aliphatic heterocycles. The molecule has 4 heteroatoms. The molecule has 0 aromatic heterocycles. The smallest absolute Gasteiger partial charge is 0.223 e. The van der Waals surface area contributed by atoms with Crippen molar-refractivity contribution in [2.24, 2.45) is 0 Å². The molecule has 0 aliphatic carbocycles. The molecule has 0 fully saturated rings. The van der Waals surface area contributed by atoms with E-state index in [-0.39, 0.29) is 18.6 Å². The fourth-order valence-electron chi connectivity index (χ4n) is 1.78. The van der Waals surface area contributed by atoms with Gasteiger partial charge in [-0.25, -0.2) is 0 Å². The standard InChI is InChI=1S/C15H23NO3/c1-12-5-3-7-14(11-12)19-10-8-15(18)16-13(2)6-4-9-17/h3,5,7,11,13,17H,4,6,8-10H2,1-2H3,(H,16,18). The molecule has 2 N–H and O–H groups in total. The normalized spacial score (nSPS) is 11.9. The van der Waals surface area contributed by atoms with Gasteiger partial charge in [-0.05, 0) is 44.4 Å². The monoisotopic (exact) mass is 265 g/mol. The molecule has 0 aliphatic rings. The molecule has 1 rings (SSSR count). The van der Waals surface area contributed by atoms with Crippen molar-refractivity contribution < 1.29 is 14.6 Å². The fraction of sp³-hybridized carbons (Fsp3) is 0.533. The lowest BCUT2D eigenvalue weighted by molar-refractivity contribution is -0.122. The van der Waals surface area contributed by atoms with Crippen LogP contribution in [-0.2, 0) is 4.79 Å². The zero-order chi connectivity index (χ0) is 14.1. The Hall–Kier alpha value is -1.55. The number of rotatable bonds is 8. The maximum Gasteiger partial charge on any atom is 0.223 e. The summed E-state index contributed by atoms with van der Waals surface area (Å²) in [4.78, 5) is 11.6. The number of aliphatic hydroxyl groups excluding tert-OH is 1. The number of aryl methyl sites for hydroxylation is 1. The molecule has 0 radical (unpaired) electrons. The molecule has 0 bridgehead atoms. The molecule has 1 amide bonds. The third-order valence-electron chi connectivity index (χ3n) is 2.79. The van der Waals surface area contributed by atoms with Crippen LogP contribution < -0.4 is 10.1 Å². The molecule has 1 aromatic carbocycles. The summed E-state index contributed by atoms with van der Waals surface area (Å²) in [7, 11) is 0. The van der Waals surface area contributed by atoms with Crippen LogP contribution >= 0.6 is 0 Å². The number of hydrogen-bond acceptors (Lipinski definition) is 3. The van der Waals surface area contributed by atoms with Crippen LogP contribution in [0.2, 0.25) is 0 Å². The Morgan fingerprint density at radius 3 is 2.95 bits per heavy atom. The van der Waals surface area contributed by atoms with Gasteiger partial charge in [0.2, 0.25) is 5.91 Å². The summed E-state index contributed by atoms with van der Waals surface area (Å²) in [6, 6.07) is 7.86. The predicted molar refractivity (Wildman–Crippen MR) is 75.2 cm³/mol. The first-order chi connectivity index (χ1) is 9.11. The van der Waals surface area contributed by atoms with Crippen molar-refractivity contribution in [2.45, 2.75) is 39.2 Å². The Balaban J connectivity index is 2.20. The maximum absolute atomic E-state index is 11.6. The first-order valence-corrected chi connectivity index (χ1v) is 6.71. The molecule has 0 saturated heterocycles. The Kier molecular flexibility index (Phi) is 6.97. The van der Waals surface area contributed by atoms with E-state index in [9.17, 15) is 4.79 Å². The molecule has 19 heavy (non-hydrogen) atoms. The zero-order valence-corrected chi connectivity index (χ0v) is 11.7. The lowest BCUT2D eigenvalue weighted by Crippen LogP contribution is -2.33. The minimum Gasteiger partial charge on any atom is -0.493 e. The van der Waals surface area contributed by atoms with Crippen molar-refractivity contribution in [3.63, 3.8) is 0 Å². The van der Waals surface area contributed by atoms with Crippen molar-refractivity contribution in [2.75, 3.05) is 13.2 Å². The van der Waals surface area contributed by atoms with Crippen LogP contribution in [0, 0.1) is 6.92 Å². The third kappa shape index (κ3) is 6.82. The van der Waals surface area contributed by atoms with Crippen molar-refractivity contribution in [1.82, 2.24) is 5.32 Å². The van der Waals surface area contributed by atoms with E-state index in [1.54, 1.807) is 0 Å². The van der Waals surface area contributed by atoms with E-state index < -0.39 is 0 Å². The molecule has 1 aromatic rings. The summed E-state index contributed by atoms with van der Waals surface area (Å²) in [6.07, 6.45) is 1.85. The van der Waals surface area contributed by atoms with E-state index in [2.05, 4.69) is 5.32 Å². The average molecular weight is 265 g/mol. The molecule has 4 nitrogen and oxygen atoms in total. The van der Waals surface area contributed by atoms with Gasteiger partial charge in [0.15, 0.2) is 0 Å². The Labute approximate surface area is 114 Å². The second-order valence-electron chi connectivity index (χ2n) is 4.75. The molecule has 106 valence electrons. The molecular weight excluding hydrogens is 242 g/mol. The van der Waals surface area contributed by atoms with Crippen LogP contribution in [0.3, 0.4) is 0 Å². The maximum atomic E-state index is 11.6. The highest BCUT2D eigenvalue weighted by Gasteiger charge is 2.07. The summed E-state index contributed by atoms with van der Waals surface area (Å²) in [5.41, 5.74) is 1.14. The van der Waals surface area contributed by atoms with Gasteiger partial charge < -0.3 is 15.2 Å². The number of carbonyl (C=O) groups excluding carboxylic acids is 1. The number of ether oxygens (including phenoxy) is 1. The SMILES string of the molecule is Cc1cccc(OCCC(=O)NC(C)CCCO)c1. The molecule has 1 unspecified atom stereocenters. The molecular formula is C15H23NO3. The first kappa shape index (κ1) is 15.5. The van der Waals surface area contributed by atoms with Gasteiger partial charge in [-0.2, -0.15) is 0 Å². The second-order valence-corrected chi connectivity index (χ2v) is 4.75. The minimum atomic E-state index is -0.0157. The Morgan fingerprint density at radius 1 is 1.47 bits per heavy atom. The van der Waals surface area contributed by atoms with Crippen LogP contribution in [0.25, 0.3) is 0 Å². The van der Waals surface area contributed by atoms with Crippen molar-refractivity contribution >= 4 is 5.91 Å². The lowest BCUT2D eigenvalue weighted by Gasteiger charge is -2.13. The van der Waals surface area contributed by atoms with Gasteiger partial charge in [0.25, 0.3) is 0 Å². The highest BCUT2D eigenvalue weighted by atomic mass is 16.5. The van der Waals surface area contributed by atoms with Gasteiger partial charge in [-0.3, -0.25) is 4.79 Å². The summed E-state index contributed by atoms with van der Waals surface area (Å²) in [5.74, 6) is 0.777. The quantitative estimate of drug-likeness (QED) is 0.756.